The van der Waals surface area contributed by atoms with Gasteiger partial charge in [0.2, 0.25) is 26.6 Å². The molecule has 0 amide bonds. The van der Waals surface area contributed by atoms with Crippen molar-refractivity contribution in [2.75, 3.05) is 5.32 Å². The Bertz CT molecular complexity index is 1380. The van der Waals surface area contributed by atoms with Gasteiger partial charge in [-0.15, -0.1) is 0 Å². The highest BCUT2D eigenvalue weighted by atomic mass is 32.2. The van der Waals surface area contributed by atoms with Crippen molar-refractivity contribution in [2.45, 2.75) is 29.8 Å². The fourth-order valence-electron chi connectivity index (χ4n) is 3.27. The third kappa shape index (κ3) is 4.78. The predicted molar refractivity (Wildman–Crippen MR) is 124 cm³/mol. The van der Waals surface area contributed by atoms with Gasteiger partial charge in [-0.25, -0.2) is 8.42 Å². The molecule has 3 aromatic carbocycles. The molecular formula is C24H21N3O5S. The number of hydrogen-bond donors (Lipinski definition) is 1. The van der Waals surface area contributed by atoms with Gasteiger partial charge in [0, 0.05) is 24.2 Å². The summed E-state index contributed by atoms with van der Waals surface area (Å²) in [4.78, 5) is 15.0. The van der Waals surface area contributed by atoms with E-state index in [4.69, 9.17) is 4.42 Å². The monoisotopic (exact) mass is 463 g/mol. The smallest absolute Gasteiger partial charge is 0.270 e. The number of nitrogens with zero attached hydrogens (tertiary/aromatic N) is 2. The minimum atomic E-state index is -4.01. The average Bonchev–Trinajstić information content (AvgIpc) is 3.29. The molecule has 0 bridgehead atoms. The molecule has 0 atom stereocenters. The van der Waals surface area contributed by atoms with Gasteiger partial charge in [0.05, 0.1) is 9.82 Å². The van der Waals surface area contributed by atoms with Crippen molar-refractivity contribution < 1.29 is 17.8 Å². The average molecular weight is 464 g/mol. The molecule has 1 heterocycles. The van der Waals surface area contributed by atoms with Crippen molar-refractivity contribution in [3.63, 3.8) is 0 Å². The van der Waals surface area contributed by atoms with E-state index in [1.54, 1.807) is 18.2 Å². The summed E-state index contributed by atoms with van der Waals surface area (Å²) in [7, 11) is -4.01. The maximum absolute atomic E-state index is 13.4. The Morgan fingerprint density at radius 3 is 2.36 bits per heavy atom. The van der Waals surface area contributed by atoms with Crippen LogP contribution >= 0.6 is 0 Å². The van der Waals surface area contributed by atoms with Crippen molar-refractivity contribution in [3.05, 3.63) is 100 Å². The number of rotatable bonds is 8. The maximum atomic E-state index is 13.4. The van der Waals surface area contributed by atoms with Gasteiger partial charge in [-0.3, -0.25) is 10.1 Å². The van der Waals surface area contributed by atoms with E-state index >= 15 is 0 Å². The quantitative estimate of drug-likeness (QED) is 0.280. The first-order valence-electron chi connectivity index (χ1n) is 10.3. The number of sulfone groups is 1. The van der Waals surface area contributed by atoms with Crippen molar-refractivity contribution in [1.82, 2.24) is 4.98 Å². The van der Waals surface area contributed by atoms with E-state index in [1.807, 2.05) is 37.3 Å². The third-order valence-electron chi connectivity index (χ3n) is 5.09. The number of oxazole rings is 1. The normalized spacial score (nSPS) is 11.3. The number of nitrogens with one attached hydrogen (secondary N) is 1. The van der Waals surface area contributed by atoms with Crippen molar-refractivity contribution in [2.24, 2.45) is 0 Å². The number of non-ortho nitro benzene ring substituents is 1. The molecule has 4 rings (SSSR count). The third-order valence-corrected chi connectivity index (χ3v) is 6.77. The number of aryl methyl sites for hydroxylation is 1. The highest BCUT2D eigenvalue weighted by Crippen LogP contribution is 2.33. The van der Waals surface area contributed by atoms with E-state index in [-0.39, 0.29) is 27.4 Å². The summed E-state index contributed by atoms with van der Waals surface area (Å²) in [6, 6.07) is 21.7. The second kappa shape index (κ2) is 9.25. The zero-order valence-electron chi connectivity index (χ0n) is 17.8. The molecule has 0 aliphatic heterocycles. The van der Waals surface area contributed by atoms with Crippen LogP contribution in [0.2, 0.25) is 0 Å². The number of benzene rings is 3. The number of nitro benzene ring substituents is 1. The second-order valence-corrected chi connectivity index (χ2v) is 9.17. The minimum absolute atomic E-state index is 0.0278. The fraction of sp³-hybridized carbons (Fsp3) is 0.125. The van der Waals surface area contributed by atoms with E-state index in [0.717, 1.165) is 17.5 Å². The SMILES string of the molecule is CCc1ccc(S(=O)(=O)c2nc(-c3cccc([N+](=O)[O-])c3)oc2NCc2ccccc2)cc1. The second-order valence-electron chi connectivity index (χ2n) is 7.30. The molecule has 168 valence electrons. The van der Waals surface area contributed by atoms with E-state index in [0.29, 0.717) is 12.1 Å². The van der Waals surface area contributed by atoms with Gasteiger partial charge >= 0.3 is 0 Å². The molecular weight excluding hydrogens is 442 g/mol. The lowest BCUT2D eigenvalue weighted by Gasteiger charge is -2.07. The summed E-state index contributed by atoms with van der Waals surface area (Å²) < 4.78 is 32.6. The van der Waals surface area contributed by atoms with Gasteiger partial charge in [-0.1, -0.05) is 55.5 Å². The highest BCUT2D eigenvalue weighted by Gasteiger charge is 2.29. The maximum Gasteiger partial charge on any atom is 0.270 e. The molecule has 4 aromatic rings. The van der Waals surface area contributed by atoms with Crippen LogP contribution in [0.5, 0.6) is 0 Å². The van der Waals surface area contributed by atoms with E-state index in [2.05, 4.69) is 10.3 Å². The standard InChI is InChI=1S/C24H21N3O5S/c1-2-17-11-13-21(14-12-17)33(30,31)24-23(25-16-18-7-4-3-5-8-18)32-22(26-24)19-9-6-10-20(15-19)27(28)29/h3-15,25H,2,16H2,1H3. The van der Waals surface area contributed by atoms with Crippen molar-refractivity contribution in [3.8, 4) is 11.5 Å². The molecule has 0 saturated carbocycles. The Morgan fingerprint density at radius 1 is 0.970 bits per heavy atom. The first kappa shape index (κ1) is 22.2. The van der Waals surface area contributed by atoms with Crippen LogP contribution in [-0.4, -0.2) is 18.3 Å². The molecule has 0 fully saturated rings. The zero-order valence-corrected chi connectivity index (χ0v) is 18.6. The van der Waals surface area contributed by atoms with Gasteiger partial charge in [0.1, 0.15) is 0 Å². The highest BCUT2D eigenvalue weighted by molar-refractivity contribution is 7.91. The van der Waals surface area contributed by atoms with Crippen LogP contribution in [0, 0.1) is 10.1 Å². The van der Waals surface area contributed by atoms with Gasteiger partial charge in [-0.05, 0) is 35.7 Å². The van der Waals surface area contributed by atoms with Gasteiger partial charge in [0.25, 0.3) is 5.69 Å². The number of aromatic nitrogens is 1. The molecule has 0 spiro atoms. The molecule has 1 N–H and O–H groups in total. The molecule has 0 unspecified atom stereocenters. The van der Waals surface area contributed by atoms with Crippen LogP contribution in [0.25, 0.3) is 11.5 Å². The Morgan fingerprint density at radius 2 is 1.70 bits per heavy atom. The molecule has 33 heavy (non-hydrogen) atoms. The molecule has 0 saturated heterocycles. The van der Waals surface area contributed by atoms with E-state index < -0.39 is 14.8 Å². The summed E-state index contributed by atoms with van der Waals surface area (Å²) in [5.41, 5.74) is 2.08. The topological polar surface area (TPSA) is 115 Å². The summed E-state index contributed by atoms with van der Waals surface area (Å²) >= 11 is 0. The van der Waals surface area contributed by atoms with E-state index in [9.17, 15) is 18.5 Å². The largest absolute Gasteiger partial charge is 0.419 e. The lowest BCUT2D eigenvalue weighted by molar-refractivity contribution is -0.384. The van der Waals surface area contributed by atoms with Gasteiger partial charge in [0.15, 0.2) is 0 Å². The van der Waals surface area contributed by atoms with Crippen LogP contribution in [0.1, 0.15) is 18.1 Å². The molecule has 9 heteroatoms. The molecule has 0 aliphatic carbocycles. The number of anilines is 1. The zero-order chi connectivity index (χ0) is 23.4. The Balaban J connectivity index is 1.77. The fourth-order valence-corrected chi connectivity index (χ4v) is 4.55. The molecule has 8 nitrogen and oxygen atoms in total. The predicted octanol–water partition coefficient (Wildman–Crippen LogP) is 5.26. The van der Waals surface area contributed by atoms with Crippen LogP contribution in [-0.2, 0) is 22.8 Å². The number of hydrogen-bond acceptors (Lipinski definition) is 7. The summed E-state index contributed by atoms with van der Waals surface area (Å²) in [5.74, 6) is -0.0575. The lowest BCUT2D eigenvalue weighted by atomic mass is 10.2. The number of nitro groups is 1. The summed E-state index contributed by atoms with van der Waals surface area (Å²) in [6.45, 7) is 2.29. The minimum Gasteiger partial charge on any atom is -0.419 e. The van der Waals surface area contributed by atoms with Crippen LogP contribution in [0.3, 0.4) is 0 Å². The first-order valence-corrected chi connectivity index (χ1v) is 11.7. The molecule has 0 aliphatic rings. The van der Waals surface area contributed by atoms with Gasteiger partial charge in [-0.2, -0.15) is 4.98 Å². The van der Waals surface area contributed by atoms with Crippen molar-refractivity contribution >= 4 is 21.4 Å². The van der Waals surface area contributed by atoms with E-state index in [1.165, 1.54) is 30.3 Å². The first-order chi connectivity index (χ1) is 15.9. The van der Waals surface area contributed by atoms with Crippen LogP contribution < -0.4 is 5.32 Å². The lowest BCUT2D eigenvalue weighted by Crippen LogP contribution is -2.07. The Kier molecular flexibility index (Phi) is 6.23. The Hall–Kier alpha value is -3.98. The van der Waals surface area contributed by atoms with Gasteiger partial charge < -0.3 is 9.73 Å². The summed E-state index contributed by atoms with van der Waals surface area (Å²) in [5, 5.41) is 13.9. The van der Waals surface area contributed by atoms with Crippen molar-refractivity contribution in [1.29, 1.82) is 0 Å². The molecule has 0 radical (unpaired) electrons. The van der Waals surface area contributed by atoms with Crippen LogP contribution in [0.15, 0.2) is 93.2 Å². The Labute approximate surface area is 191 Å². The summed E-state index contributed by atoms with van der Waals surface area (Å²) in [6.07, 6.45) is 0.783. The van der Waals surface area contributed by atoms with Crippen LogP contribution in [0.4, 0.5) is 11.6 Å². The molecule has 1 aromatic heterocycles.